The number of nitrogens with one attached hydrogen (secondary N) is 1. The van der Waals surface area contributed by atoms with Gasteiger partial charge in [0.05, 0.1) is 6.61 Å². The summed E-state index contributed by atoms with van der Waals surface area (Å²) in [4.78, 5) is 4.03. The summed E-state index contributed by atoms with van der Waals surface area (Å²) in [6.07, 6.45) is 1.58. The number of hydrogen-bond acceptors (Lipinski definition) is 4. The fourth-order valence-corrected chi connectivity index (χ4v) is 0.760. The van der Waals surface area contributed by atoms with Gasteiger partial charge >= 0.3 is 0 Å². The van der Waals surface area contributed by atoms with E-state index in [0.29, 0.717) is 18.3 Å². The Labute approximate surface area is 70.6 Å². The maximum atomic E-state index is 5.47. The third kappa shape index (κ3) is 2.26. The van der Waals surface area contributed by atoms with Gasteiger partial charge in [0.2, 0.25) is 0 Å². The molecule has 0 bridgehead atoms. The summed E-state index contributed by atoms with van der Waals surface area (Å²) >= 11 is 0. The van der Waals surface area contributed by atoms with Crippen molar-refractivity contribution in [3.05, 3.63) is 17.5 Å². The Hall–Kier alpha value is -1.52. The third-order valence-electron chi connectivity index (χ3n) is 1.20. The quantitative estimate of drug-likeness (QED) is 0.641. The fraction of sp³-hybridized carbons (Fsp3) is 0.429. The van der Waals surface area contributed by atoms with E-state index in [1.807, 2.05) is 13.8 Å². The highest BCUT2D eigenvalue weighted by Gasteiger charge is 1.96. The van der Waals surface area contributed by atoms with E-state index in [9.17, 15) is 0 Å². The molecule has 0 unspecified atom stereocenters. The monoisotopic (exact) mass is 168 g/mol. The minimum atomic E-state index is 0.330. The number of aromatic nitrogens is 3. The molecule has 0 aromatic carbocycles. The SMILES string of the molecule is CCO/C(N)=C/c1n[nH]c(C)n1. The first-order valence-corrected chi connectivity index (χ1v) is 3.71. The minimum Gasteiger partial charge on any atom is -0.480 e. The van der Waals surface area contributed by atoms with Crippen LogP contribution < -0.4 is 5.73 Å². The lowest BCUT2D eigenvalue weighted by molar-refractivity contribution is 0.230. The van der Waals surface area contributed by atoms with E-state index in [1.165, 1.54) is 0 Å². The summed E-state index contributed by atoms with van der Waals surface area (Å²) in [6, 6.07) is 0. The van der Waals surface area contributed by atoms with Crippen LogP contribution in [-0.2, 0) is 4.74 Å². The number of hydrogen-bond donors (Lipinski definition) is 2. The zero-order valence-electron chi connectivity index (χ0n) is 7.16. The number of H-pyrrole nitrogens is 1. The van der Waals surface area contributed by atoms with Gasteiger partial charge in [0.1, 0.15) is 5.82 Å². The molecule has 1 aromatic rings. The average Bonchev–Trinajstić information content (AvgIpc) is 2.36. The van der Waals surface area contributed by atoms with Crippen LogP contribution in [0.5, 0.6) is 0 Å². The van der Waals surface area contributed by atoms with Crippen molar-refractivity contribution in [2.75, 3.05) is 6.61 Å². The molecule has 0 atom stereocenters. The second-order valence-electron chi connectivity index (χ2n) is 2.26. The topological polar surface area (TPSA) is 76.8 Å². The van der Waals surface area contributed by atoms with Gasteiger partial charge in [0, 0.05) is 6.08 Å². The van der Waals surface area contributed by atoms with E-state index >= 15 is 0 Å². The Morgan fingerprint density at radius 1 is 1.75 bits per heavy atom. The first-order chi connectivity index (χ1) is 5.72. The van der Waals surface area contributed by atoms with Crippen molar-refractivity contribution >= 4 is 6.08 Å². The molecular weight excluding hydrogens is 156 g/mol. The van der Waals surface area contributed by atoms with Crippen LogP contribution in [0.15, 0.2) is 5.88 Å². The number of aryl methyl sites for hydroxylation is 1. The minimum absolute atomic E-state index is 0.330. The molecule has 3 N–H and O–H groups in total. The summed E-state index contributed by atoms with van der Waals surface area (Å²) in [7, 11) is 0. The van der Waals surface area contributed by atoms with Crippen LogP contribution in [-0.4, -0.2) is 21.8 Å². The lowest BCUT2D eigenvalue weighted by Gasteiger charge is -1.98. The van der Waals surface area contributed by atoms with Gasteiger partial charge in [0.15, 0.2) is 11.7 Å². The second-order valence-corrected chi connectivity index (χ2v) is 2.26. The lowest BCUT2D eigenvalue weighted by Crippen LogP contribution is -2.02. The van der Waals surface area contributed by atoms with Crippen LogP contribution in [0.25, 0.3) is 6.08 Å². The summed E-state index contributed by atoms with van der Waals surface area (Å²) in [5.74, 6) is 1.63. The highest BCUT2D eigenvalue weighted by atomic mass is 16.5. The van der Waals surface area contributed by atoms with Crippen molar-refractivity contribution in [2.24, 2.45) is 5.73 Å². The van der Waals surface area contributed by atoms with Crippen LogP contribution in [0.3, 0.4) is 0 Å². The molecule has 0 spiro atoms. The Bertz CT molecular complexity index is 279. The third-order valence-corrected chi connectivity index (χ3v) is 1.20. The standard InChI is InChI=1S/C7H12N4O/c1-3-12-6(8)4-7-9-5(2)10-11-7/h4H,3,8H2,1-2H3,(H,9,10,11)/b6-4+. The molecule has 66 valence electrons. The normalized spacial score (nSPS) is 11.7. The first kappa shape index (κ1) is 8.58. The Morgan fingerprint density at radius 3 is 3.00 bits per heavy atom. The molecule has 1 rings (SSSR count). The zero-order valence-corrected chi connectivity index (χ0v) is 7.16. The molecule has 0 aliphatic rings. The summed E-state index contributed by atoms with van der Waals surface area (Å²) in [5, 5.41) is 6.56. The molecule has 0 saturated carbocycles. The van der Waals surface area contributed by atoms with Crippen molar-refractivity contribution in [1.29, 1.82) is 0 Å². The Kier molecular flexibility index (Phi) is 2.68. The molecule has 0 saturated heterocycles. The van der Waals surface area contributed by atoms with Gasteiger partial charge in [0.25, 0.3) is 0 Å². The highest BCUT2D eigenvalue weighted by Crippen LogP contribution is 1.97. The largest absolute Gasteiger partial charge is 0.480 e. The summed E-state index contributed by atoms with van der Waals surface area (Å²) in [6.45, 7) is 4.23. The number of nitrogens with two attached hydrogens (primary N) is 1. The fourth-order valence-electron chi connectivity index (χ4n) is 0.760. The molecular formula is C7H12N4O. The van der Waals surface area contributed by atoms with Gasteiger partial charge < -0.3 is 10.5 Å². The van der Waals surface area contributed by atoms with Crippen LogP contribution in [0.2, 0.25) is 0 Å². The van der Waals surface area contributed by atoms with Gasteiger partial charge in [-0.2, -0.15) is 5.10 Å². The van der Waals surface area contributed by atoms with E-state index in [1.54, 1.807) is 6.08 Å². The molecule has 0 aliphatic heterocycles. The Balaban J connectivity index is 2.67. The number of nitrogens with zero attached hydrogens (tertiary/aromatic N) is 2. The van der Waals surface area contributed by atoms with Gasteiger partial charge in [-0.3, -0.25) is 5.10 Å². The van der Waals surface area contributed by atoms with E-state index in [2.05, 4.69) is 15.2 Å². The molecule has 5 heteroatoms. The number of ether oxygens (including phenoxy) is 1. The van der Waals surface area contributed by atoms with E-state index in [-0.39, 0.29) is 0 Å². The van der Waals surface area contributed by atoms with Crippen LogP contribution >= 0.6 is 0 Å². The van der Waals surface area contributed by atoms with Gasteiger partial charge in [-0.1, -0.05) is 0 Å². The molecule has 0 amide bonds. The molecule has 0 radical (unpaired) electrons. The molecule has 0 fully saturated rings. The maximum absolute atomic E-state index is 5.47. The zero-order chi connectivity index (χ0) is 8.97. The van der Waals surface area contributed by atoms with Crippen LogP contribution in [0.1, 0.15) is 18.6 Å². The Morgan fingerprint density at radius 2 is 2.50 bits per heavy atom. The van der Waals surface area contributed by atoms with Crippen molar-refractivity contribution in [1.82, 2.24) is 15.2 Å². The molecule has 1 aromatic heterocycles. The van der Waals surface area contributed by atoms with Gasteiger partial charge in [-0.25, -0.2) is 4.98 Å². The van der Waals surface area contributed by atoms with Crippen molar-refractivity contribution in [2.45, 2.75) is 13.8 Å². The van der Waals surface area contributed by atoms with Crippen molar-refractivity contribution in [3.63, 3.8) is 0 Å². The molecule has 12 heavy (non-hydrogen) atoms. The molecule has 1 heterocycles. The molecule has 0 aliphatic carbocycles. The second kappa shape index (κ2) is 3.75. The summed E-state index contributed by atoms with van der Waals surface area (Å²) in [5.41, 5.74) is 5.47. The maximum Gasteiger partial charge on any atom is 0.187 e. The number of aromatic amines is 1. The average molecular weight is 168 g/mol. The molecule has 5 nitrogen and oxygen atoms in total. The van der Waals surface area contributed by atoms with Crippen molar-refractivity contribution in [3.8, 4) is 0 Å². The van der Waals surface area contributed by atoms with E-state index in [0.717, 1.165) is 5.82 Å². The smallest absolute Gasteiger partial charge is 0.187 e. The predicted octanol–water partition coefficient (Wildman–Crippen LogP) is 0.407. The van der Waals surface area contributed by atoms with Gasteiger partial charge in [-0.05, 0) is 13.8 Å². The highest BCUT2D eigenvalue weighted by molar-refractivity contribution is 5.40. The van der Waals surface area contributed by atoms with Crippen molar-refractivity contribution < 1.29 is 4.74 Å². The van der Waals surface area contributed by atoms with E-state index < -0.39 is 0 Å². The summed E-state index contributed by atoms with van der Waals surface area (Å²) < 4.78 is 5.00. The first-order valence-electron chi connectivity index (χ1n) is 3.71. The van der Waals surface area contributed by atoms with Gasteiger partial charge in [-0.15, -0.1) is 0 Å². The lowest BCUT2D eigenvalue weighted by atomic mass is 10.5. The van der Waals surface area contributed by atoms with Crippen LogP contribution in [0, 0.1) is 6.92 Å². The number of rotatable bonds is 3. The van der Waals surface area contributed by atoms with E-state index in [4.69, 9.17) is 10.5 Å². The predicted molar refractivity (Wildman–Crippen MR) is 44.9 cm³/mol. The van der Waals surface area contributed by atoms with Crippen LogP contribution in [0.4, 0.5) is 0 Å².